The summed E-state index contributed by atoms with van der Waals surface area (Å²) in [6, 6.07) is 11.4. The number of nitrogens with zero attached hydrogens (tertiary/aromatic N) is 3. The van der Waals surface area contributed by atoms with Gasteiger partial charge in [-0.2, -0.15) is 5.10 Å². The molecule has 0 saturated heterocycles. The van der Waals surface area contributed by atoms with Gasteiger partial charge in [-0.05, 0) is 25.1 Å². The van der Waals surface area contributed by atoms with E-state index < -0.39 is 0 Å². The standard InChI is InChI=1S/C15H15N3O2/c1-11(10-19)20-13-4-2-3-12(9-13)14-6-8-18-15(17-14)5-7-16-18/h2-9,11,19H,10H2,1H3. The van der Waals surface area contributed by atoms with Gasteiger partial charge in [0.1, 0.15) is 11.9 Å². The Morgan fingerprint density at radius 2 is 2.20 bits per heavy atom. The third-order valence-electron chi connectivity index (χ3n) is 2.98. The van der Waals surface area contributed by atoms with Gasteiger partial charge in [0, 0.05) is 17.8 Å². The normalized spacial score (nSPS) is 12.5. The maximum atomic E-state index is 9.03. The lowest BCUT2D eigenvalue weighted by Crippen LogP contribution is -2.16. The summed E-state index contributed by atoms with van der Waals surface area (Å²) >= 11 is 0. The van der Waals surface area contributed by atoms with Crippen LogP contribution in [0.5, 0.6) is 5.75 Å². The third-order valence-corrected chi connectivity index (χ3v) is 2.98. The summed E-state index contributed by atoms with van der Waals surface area (Å²) in [6.45, 7) is 1.81. The highest BCUT2D eigenvalue weighted by Gasteiger charge is 2.06. The Labute approximate surface area is 116 Å². The van der Waals surface area contributed by atoms with Crippen molar-refractivity contribution in [2.45, 2.75) is 13.0 Å². The molecule has 1 aromatic carbocycles. The van der Waals surface area contributed by atoms with Crippen LogP contribution in [0.2, 0.25) is 0 Å². The molecule has 0 aliphatic carbocycles. The molecule has 1 unspecified atom stereocenters. The first-order valence-electron chi connectivity index (χ1n) is 6.44. The second-order valence-electron chi connectivity index (χ2n) is 4.59. The van der Waals surface area contributed by atoms with Gasteiger partial charge in [0.2, 0.25) is 0 Å². The number of hydrogen-bond donors (Lipinski definition) is 1. The number of aliphatic hydroxyl groups is 1. The molecule has 3 aromatic rings. The van der Waals surface area contributed by atoms with Crippen LogP contribution < -0.4 is 4.74 Å². The van der Waals surface area contributed by atoms with Crippen molar-refractivity contribution in [1.82, 2.24) is 14.6 Å². The largest absolute Gasteiger partial charge is 0.488 e. The molecular formula is C15H15N3O2. The summed E-state index contributed by atoms with van der Waals surface area (Å²) < 4.78 is 7.32. The molecule has 5 heteroatoms. The molecule has 2 aromatic heterocycles. The minimum atomic E-state index is -0.226. The van der Waals surface area contributed by atoms with Crippen molar-refractivity contribution in [1.29, 1.82) is 0 Å². The van der Waals surface area contributed by atoms with Crippen LogP contribution in [-0.4, -0.2) is 32.4 Å². The van der Waals surface area contributed by atoms with Gasteiger partial charge in [0.15, 0.2) is 5.65 Å². The van der Waals surface area contributed by atoms with Gasteiger partial charge < -0.3 is 9.84 Å². The number of aliphatic hydroxyl groups excluding tert-OH is 1. The van der Waals surface area contributed by atoms with E-state index in [1.54, 1.807) is 10.7 Å². The molecule has 1 atom stereocenters. The quantitative estimate of drug-likeness (QED) is 0.788. The molecule has 2 heterocycles. The van der Waals surface area contributed by atoms with E-state index in [1.165, 1.54) is 0 Å². The summed E-state index contributed by atoms with van der Waals surface area (Å²) in [4.78, 5) is 4.54. The molecular weight excluding hydrogens is 254 g/mol. The van der Waals surface area contributed by atoms with Crippen LogP contribution in [0.1, 0.15) is 6.92 Å². The Morgan fingerprint density at radius 3 is 3.05 bits per heavy atom. The Bertz CT molecular complexity index is 724. The minimum Gasteiger partial charge on any atom is -0.488 e. The van der Waals surface area contributed by atoms with Crippen LogP contribution >= 0.6 is 0 Å². The zero-order valence-corrected chi connectivity index (χ0v) is 11.1. The predicted octanol–water partition coefficient (Wildman–Crippen LogP) is 2.16. The van der Waals surface area contributed by atoms with E-state index in [0.29, 0.717) is 0 Å². The lowest BCUT2D eigenvalue weighted by Gasteiger charge is -2.12. The maximum absolute atomic E-state index is 9.03. The SMILES string of the molecule is CC(CO)Oc1cccc(-c2ccn3nccc3n2)c1. The van der Waals surface area contributed by atoms with E-state index in [0.717, 1.165) is 22.7 Å². The molecule has 0 fully saturated rings. The van der Waals surface area contributed by atoms with Gasteiger partial charge >= 0.3 is 0 Å². The topological polar surface area (TPSA) is 59.7 Å². The lowest BCUT2D eigenvalue weighted by molar-refractivity contribution is 0.130. The van der Waals surface area contributed by atoms with Crippen molar-refractivity contribution in [2.75, 3.05) is 6.61 Å². The van der Waals surface area contributed by atoms with Crippen LogP contribution in [0.25, 0.3) is 16.9 Å². The third kappa shape index (κ3) is 2.48. The molecule has 0 radical (unpaired) electrons. The van der Waals surface area contributed by atoms with Crippen LogP contribution in [0.15, 0.2) is 48.8 Å². The molecule has 102 valence electrons. The van der Waals surface area contributed by atoms with E-state index >= 15 is 0 Å². The monoisotopic (exact) mass is 269 g/mol. The molecule has 20 heavy (non-hydrogen) atoms. The zero-order chi connectivity index (χ0) is 13.9. The molecule has 0 saturated carbocycles. The first kappa shape index (κ1) is 12.6. The van der Waals surface area contributed by atoms with E-state index in [-0.39, 0.29) is 12.7 Å². The second kappa shape index (κ2) is 5.30. The second-order valence-corrected chi connectivity index (χ2v) is 4.59. The fourth-order valence-electron chi connectivity index (χ4n) is 1.97. The van der Waals surface area contributed by atoms with E-state index in [2.05, 4.69) is 10.1 Å². The summed E-state index contributed by atoms with van der Waals surface area (Å²) in [5, 5.41) is 13.2. The summed E-state index contributed by atoms with van der Waals surface area (Å²) in [5.74, 6) is 0.722. The Balaban J connectivity index is 1.94. The van der Waals surface area contributed by atoms with Gasteiger partial charge in [0.05, 0.1) is 18.5 Å². The number of ether oxygens (including phenoxy) is 1. The molecule has 5 nitrogen and oxygen atoms in total. The summed E-state index contributed by atoms with van der Waals surface area (Å²) in [7, 11) is 0. The molecule has 0 aliphatic heterocycles. The van der Waals surface area contributed by atoms with Crippen LogP contribution in [0.4, 0.5) is 0 Å². The highest BCUT2D eigenvalue weighted by atomic mass is 16.5. The van der Waals surface area contributed by atoms with Gasteiger partial charge in [-0.25, -0.2) is 9.50 Å². The Kier molecular flexibility index (Phi) is 3.35. The number of aromatic nitrogens is 3. The van der Waals surface area contributed by atoms with Crippen LogP contribution in [0.3, 0.4) is 0 Å². The van der Waals surface area contributed by atoms with Gasteiger partial charge in [-0.15, -0.1) is 0 Å². The van der Waals surface area contributed by atoms with Crippen molar-refractivity contribution >= 4 is 5.65 Å². The fourth-order valence-corrected chi connectivity index (χ4v) is 1.97. The first-order chi connectivity index (χ1) is 9.76. The number of hydrogen-bond acceptors (Lipinski definition) is 4. The average molecular weight is 269 g/mol. The van der Waals surface area contributed by atoms with Gasteiger partial charge in [0.25, 0.3) is 0 Å². The average Bonchev–Trinajstić information content (AvgIpc) is 2.94. The Hall–Kier alpha value is -2.40. The molecule has 0 spiro atoms. The van der Waals surface area contributed by atoms with Gasteiger partial charge in [-0.1, -0.05) is 12.1 Å². The van der Waals surface area contributed by atoms with Crippen LogP contribution in [0, 0.1) is 0 Å². The van der Waals surface area contributed by atoms with E-state index in [9.17, 15) is 0 Å². The van der Waals surface area contributed by atoms with Crippen molar-refractivity contribution < 1.29 is 9.84 Å². The van der Waals surface area contributed by atoms with Crippen molar-refractivity contribution in [3.05, 3.63) is 48.8 Å². The Morgan fingerprint density at radius 1 is 1.30 bits per heavy atom. The van der Waals surface area contributed by atoms with Crippen molar-refractivity contribution in [3.63, 3.8) is 0 Å². The lowest BCUT2D eigenvalue weighted by atomic mass is 10.1. The number of benzene rings is 1. The van der Waals surface area contributed by atoms with Crippen molar-refractivity contribution in [2.24, 2.45) is 0 Å². The zero-order valence-electron chi connectivity index (χ0n) is 11.1. The fraction of sp³-hybridized carbons (Fsp3) is 0.200. The molecule has 3 rings (SSSR count). The van der Waals surface area contributed by atoms with E-state index in [4.69, 9.17) is 9.84 Å². The van der Waals surface area contributed by atoms with Crippen LogP contribution in [-0.2, 0) is 0 Å². The highest BCUT2D eigenvalue weighted by molar-refractivity contribution is 5.63. The predicted molar refractivity (Wildman–Crippen MR) is 75.6 cm³/mol. The molecule has 0 bridgehead atoms. The first-order valence-corrected chi connectivity index (χ1v) is 6.44. The highest BCUT2D eigenvalue weighted by Crippen LogP contribution is 2.23. The number of rotatable bonds is 4. The van der Waals surface area contributed by atoms with E-state index in [1.807, 2.05) is 49.5 Å². The minimum absolute atomic E-state index is 0.00966. The number of fused-ring (bicyclic) bond motifs is 1. The molecule has 1 N–H and O–H groups in total. The van der Waals surface area contributed by atoms with Gasteiger partial charge in [-0.3, -0.25) is 0 Å². The molecule has 0 amide bonds. The van der Waals surface area contributed by atoms with Crippen molar-refractivity contribution in [3.8, 4) is 17.0 Å². The maximum Gasteiger partial charge on any atom is 0.155 e. The summed E-state index contributed by atoms with van der Waals surface area (Å²) in [5.41, 5.74) is 2.63. The molecule has 0 aliphatic rings. The smallest absolute Gasteiger partial charge is 0.155 e. The summed E-state index contributed by atoms with van der Waals surface area (Å²) in [6.07, 6.45) is 3.37.